The Morgan fingerprint density at radius 1 is 1.00 bits per heavy atom. The number of piperidine rings is 1. The highest BCUT2D eigenvalue weighted by Crippen LogP contribution is 2.17. The van der Waals surface area contributed by atoms with Crippen LogP contribution in [0.3, 0.4) is 0 Å². The van der Waals surface area contributed by atoms with Gasteiger partial charge >= 0.3 is 5.76 Å². The Labute approximate surface area is 141 Å². The summed E-state index contributed by atoms with van der Waals surface area (Å²) in [5.74, 6) is 0.518. The number of hydrogen-bond acceptors (Lipinski definition) is 2. The van der Waals surface area contributed by atoms with Gasteiger partial charge in [-0.05, 0) is 42.9 Å². The molecule has 0 atom stereocenters. The van der Waals surface area contributed by atoms with Gasteiger partial charge in [0.1, 0.15) is 0 Å². The lowest BCUT2D eigenvalue weighted by atomic mass is 9.90. The molecule has 1 aliphatic rings. The van der Waals surface area contributed by atoms with E-state index in [9.17, 15) is 4.79 Å². The fraction of sp³-hybridized carbons (Fsp3) is 0.350. The van der Waals surface area contributed by atoms with Gasteiger partial charge in [-0.25, -0.2) is 9.36 Å². The van der Waals surface area contributed by atoms with Crippen LogP contribution in [0, 0.1) is 5.92 Å². The first-order valence-electron chi connectivity index (χ1n) is 8.75. The van der Waals surface area contributed by atoms with E-state index in [1.807, 2.05) is 24.3 Å². The highest BCUT2D eigenvalue weighted by Gasteiger charge is 2.23. The Bertz CT molecular complexity index is 858. The van der Waals surface area contributed by atoms with Crippen LogP contribution < -0.4 is 10.7 Å². The third-order valence-electron chi connectivity index (χ3n) is 5.13. The molecule has 1 aromatic heterocycles. The van der Waals surface area contributed by atoms with E-state index in [2.05, 4.69) is 30.3 Å². The van der Waals surface area contributed by atoms with Crippen LogP contribution in [-0.4, -0.2) is 17.7 Å². The topological polar surface area (TPSA) is 39.6 Å². The second kappa shape index (κ2) is 6.65. The smallest absolute Gasteiger partial charge is 0.408 e. The van der Waals surface area contributed by atoms with Crippen LogP contribution in [0.1, 0.15) is 18.4 Å². The van der Waals surface area contributed by atoms with Gasteiger partial charge in [0.15, 0.2) is 12.3 Å². The normalized spacial score (nSPS) is 21.2. The van der Waals surface area contributed by atoms with E-state index >= 15 is 0 Å². The van der Waals surface area contributed by atoms with E-state index in [1.165, 1.54) is 29.7 Å². The maximum atomic E-state index is 12.1. The third-order valence-corrected chi connectivity index (χ3v) is 5.13. The molecular weight excluding hydrogens is 300 g/mol. The van der Waals surface area contributed by atoms with Gasteiger partial charge in [-0.3, -0.25) is 0 Å². The Morgan fingerprint density at radius 2 is 1.71 bits per heavy atom. The second-order valence-electron chi connectivity index (χ2n) is 6.80. The predicted molar refractivity (Wildman–Crippen MR) is 94.0 cm³/mol. The van der Waals surface area contributed by atoms with E-state index in [0.29, 0.717) is 12.3 Å². The molecule has 0 amide bonds. The van der Waals surface area contributed by atoms with Crippen molar-refractivity contribution in [3.63, 3.8) is 0 Å². The molecule has 1 saturated heterocycles. The molecule has 0 bridgehead atoms. The van der Waals surface area contributed by atoms with Crippen LogP contribution in [0.5, 0.6) is 0 Å². The molecule has 0 unspecified atom stereocenters. The second-order valence-corrected chi connectivity index (χ2v) is 6.80. The highest BCUT2D eigenvalue weighted by atomic mass is 16.4. The molecule has 124 valence electrons. The first-order valence-corrected chi connectivity index (χ1v) is 8.75. The average molecular weight is 323 g/mol. The maximum absolute atomic E-state index is 12.1. The van der Waals surface area contributed by atoms with Crippen molar-refractivity contribution in [2.24, 2.45) is 5.92 Å². The zero-order valence-electron chi connectivity index (χ0n) is 13.8. The molecule has 24 heavy (non-hydrogen) atoms. The molecule has 3 aromatic rings. The van der Waals surface area contributed by atoms with Crippen molar-refractivity contribution in [3.05, 3.63) is 70.7 Å². The van der Waals surface area contributed by atoms with Crippen molar-refractivity contribution in [2.75, 3.05) is 13.1 Å². The number of fused-ring (bicyclic) bond motifs is 1. The summed E-state index contributed by atoms with van der Waals surface area (Å²) in [7, 11) is 0. The summed E-state index contributed by atoms with van der Waals surface area (Å²) in [6, 6.07) is 18.4. The van der Waals surface area contributed by atoms with Crippen LogP contribution in [0.15, 0.2) is 63.8 Å². The molecule has 0 saturated carbocycles. The molecule has 1 fully saturated rings. The third kappa shape index (κ3) is 3.15. The van der Waals surface area contributed by atoms with Crippen molar-refractivity contribution >= 4 is 11.1 Å². The fourth-order valence-corrected chi connectivity index (χ4v) is 3.78. The molecule has 2 aromatic carbocycles. The molecule has 0 spiro atoms. The lowest BCUT2D eigenvalue weighted by Gasteiger charge is -2.29. The van der Waals surface area contributed by atoms with Crippen LogP contribution >= 0.6 is 0 Å². The number of quaternary nitrogens is 1. The monoisotopic (exact) mass is 323 g/mol. The number of oxazole rings is 1. The van der Waals surface area contributed by atoms with Crippen LogP contribution in [0.2, 0.25) is 0 Å². The summed E-state index contributed by atoms with van der Waals surface area (Å²) in [6.07, 6.45) is 3.60. The van der Waals surface area contributed by atoms with Gasteiger partial charge < -0.3 is 9.32 Å². The van der Waals surface area contributed by atoms with E-state index in [-0.39, 0.29) is 5.76 Å². The minimum atomic E-state index is -0.241. The molecular formula is C20H23N2O2+. The minimum Gasteiger partial charge on any atom is -0.408 e. The Morgan fingerprint density at radius 3 is 2.50 bits per heavy atom. The van der Waals surface area contributed by atoms with Crippen LogP contribution in [-0.2, 0) is 13.1 Å². The van der Waals surface area contributed by atoms with Crippen molar-refractivity contribution in [1.29, 1.82) is 0 Å². The lowest BCUT2D eigenvalue weighted by molar-refractivity contribution is -0.928. The lowest BCUT2D eigenvalue weighted by Crippen LogP contribution is -3.12. The van der Waals surface area contributed by atoms with Gasteiger partial charge in [0.2, 0.25) is 0 Å². The highest BCUT2D eigenvalue weighted by molar-refractivity contribution is 5.72. The number of hydrogen-bond donors (Lipinski definition) is 1. The first kappa shape index (κ1) is 15.2. The number of likely N-dealkylation sites (tertiary alicyclic amines) is 1. The molecule has 1 N–H and O–H groups in total. The van der Waals surface area contributed by atoms with Crippen molar-refractivity contribution < 1.29 is 9.32 Å². The predicted octanol–water partition coefficient (Wildman–Crippen LogP) is 2.09. The number of nitrogens with one attached hydrogen (secondary N) is 1. The Balaban J connectivity index is 1.39. The summed E-state index contributed by atoms with van der Waals surface area (Å²) in [5.41, 5.74) is 3.02. The Kier molecular flexibility index (Phi) is 4.22. The van der Waals surface area contributed by atoms with Gasteiger partial charge in [-0.1, -0.05) is 42.5 Å². The number of rotatable bonds is 4. The molecule has 1 aliphatic heterocycles. The quantitative estimate of drug-likeness (QED) is 0.798. The summed E-state index contributed by atoms with van der Waals surface area (Å²) in [5, 5.41) is 0. The zero-order valence-corrected chi connectivity index (χ0v) is 13.8. The van der Waals surface area contributed by atoms with Gasteiger partial charge in [0.25, 0.3) is 0 Å². The number of para-hydroxylation sites is 2. The first-order chi connectivity index (χ1) is 11.8. The molecule has 0 aliphatic carbocycles. The largest absolute Gasteiger partial charge is 0.424 e. The summed E-state index contributed by atoms with van der Waals surface area (Å²) in [4.78, 5) is 13.6. The standard InChI is InChI=1S/C20H22N2O2/c23-20-22(18-8-4-5-9-19(18)24-20)15-21-12-10-17(11-13-21)14-16-6-2-1-3-7-16/h1-9,17H,10-15H2/p+1. The van der Waals surface area contributed by atoms with Crippen molar-refractivity contribution in [2.45, 2.75) is 25.9 Å². The van der Waals surface area contributed by atoms with Gasteiger partial charge in [0.05, 0.1) is 18.6 Å². The van der Waals surface area contributed by atoms with Gasteiger partial charge in [0, 0.05) is 0 Å². The summed E-state index contributed by atoms with van der Waals surface area (Å²) in [6.45, 7) is 2.93. The molecule has 2 heterocycles. The summed E-state index contributed by atoms with van der Waals surface area (Å²) < 4.78 is 7.11. The number of aromatic nitrogens is 1. The molecule has 0 radical (unpaired) electrons. The average Bonchev–Trinajstić information content (AvgIpc) is 2.93. The van der Waals surface area contributed by atoms with Gasteiger partial charge in [-0.15, -0.1) is 0 Å². The number of benzene rings is 2. The minimum absolute atomic E-state index is 0.241. The Hall–Kier alpha value is -2.33. The van der Waals surface area contributed by atoms with E-state index in [1.54, 1.807) is 4.57 Å². The fourth-order valence-electron chi connectivity index (χ4n) is 3.78. The summed E-state index contributed by atoms with van der Waals surface area (Å²) >= 11 is 0. The van der Waals surface area contributed by atoms with Crippen molar-refractivity contribution in [1.82, 2.24) is 4.57 Å². The molecule has 4 heteroatoms. The SMILES string of the molecule is O=c1oc2ccccc2n1C[NH+]1CCC(Cc2ccccc2)CC1. The maximum Gasteiger partial charge on any atom is 0.424 e. The number of nitrogens with zero attached hydrogens (tertiary/aromatic N) is 1. The van der Waals surface area contributed by atoms with Crippen molar-refractivity contribution in [3.8, 4) is 0 Å². The van der Waals surface area contributed by atoms with Crippen LogP contribution in [0.4, 0.5) is 0 Å². The zero-order chi connectivity index (χ0) is 16.4. The molecule has 4 rings (SSSR count). The molecule has 4 nitrogen and oxygen atoms in total. The van der Waals surface area contributed by atoms with E-state index in [4.69, 9.17) is 4.42 Å². The van der Waals surface area contributed by atoms with Gasteiger partial charge in [-0.2, -0.15) is 0 Å². The van der Waals surface area contributed by atoms with E-state index in [0.717, 1.165) is 24.5 Å². The van der Waals surface area contributed by atoms with E-state index < -0.39 is 0 Å². The van der Waals surface area contributed by atoms with Crippen LogP contribution in [0.25, 0.3) is 11.1 Å².